The molecule has 0 saturated carbocycles. The Hall–Kier alpha value is -2.85. The van der Waals surface area contributed by atoms with Crippen LogP contribution in [0.3, 0.4) is 0 Å². The number of methoxy groups -OCH3 is 1. The van der Waals surface area contributed by atoms with Crippen LogP contribution in [0.15, 0.2) is 40.1 Å². The van der Waals surface area contributed by atoms with Crippen LogP contribution in [0.25, 0.3) is 0 Å². The molecule has 2 heterocycles. The number of rotatable bonds is 6. The second kappa shape index (κ2) is 11.3. The minimum Gasteiger partial charge on any atom is -0.496 e. The summed E-state index contributed by atoms with van der Waals surface area (Å²) >= 11 is 2.88. The first-order chi connectivity index (χ1) is 16.5. The second-order valence-electron chi connectivity index (χ2n) is 9.28. The van der Waals surface area contributed by atoms with E-state index < -0.39 is 5.41 Å². The molecular formula is C25H32N4O4S2. The highest BCUT2D eigenvalue weighted by Crippen LogP contribution is 2.38. The van der Waals surface area contributed by atoms with Crippen molar-refractivity contribution in [2.45, 2.75) is 43.2 Å². The maximum Gasteiger partial charge on any atom is 0.257 e. The highest BCUT2D eigenvalue weighted by atomic mass is 32.2. The van der Waals surface area contributed by atoms with Crippen LogP contribution in [0, 0.1) is 12.3 Å². The van der Waals surface area contributed by atoms with Crippen molar-refractivity contribution in [2.24, 2.45) is 5.41 Å². The van der Waals surface area contributed by atoms with Crippen molar-refractivity contribution in [2.75, 3.05) is 38.6 Å². The van der Waals surface area contributed by atoms with Gasteiger partial charge in [0, 0.05) is 36.5 Å². The number of hydrogen-bond donors (Lipinski definition) is 1. The van der Waals surface area contributed by atoms with Crippen LogP contribution in [0.4, 0.5) is 5.13 Å². The number of anilines is 1. The van der Waals surface area contributed by atoms with Crippen molar-refractivity contribution >= 4 is 46.0 Å². The third-order valence-electron chi connectivity index (χ3n) is 5.59. The van der Waals surface area contributed by atoms with Gasteiger partial charge in [0.25, 0.3) is 5.91 Å². The number of carbonyl (C=O) groups is 3. The normalized spacial score (nSPS) is 14.3. The standard InChI is InChI=1S/C25H32N4O4S2/c1-7-20(30)28-9-8-10-29(12-11-28)22(31)17-14-19(16(2)13-18(17)33-6)34-21-15-26-24(35-21)27-23(32)25(3,4)5/h7,13-15H,1,8-12H2,2-6H3,(H,26,27,32). The molecule has 1 aromatic carbocycles. The van der Waals surface area contributed by atoms with Gasteiger partial charge in [-0.1, -0.05) is 50.4 Å². The molecule has 0 atom stereocenters. The molecule has 3 rings (SSSR count). The molecule has 1 aliphatic heterocycles. The van der Waals surface area contributed by atoms with Crippen LogP contribution in [-0.2, 0) is 9.59 Å². The van der Waals surface area contributed by atoms with E-state index in [0.29, 0.717) is 49.0 Å². The van der Waals surface area contributed by atoms with Gasteiger partial charge in [0.2, 0.25) is 11.8 Å². The number of nitrogens with one attached hydrogen (secondary N) is 1. The minimum atomic E-state index is -0.510. The Balaban J connectivity index is 1.79. The number of thiazole rings is 1. The van der Waals surface area contributed by atoms with E-state index in [2.05, 4.69) is 16.9 Å². The predicted octanol–water partition coefficient (Wildman–Crippen LogP) is 4.46. The lowest BCUT2D eigenvalue weighted by molar-refractivity contribution is -0.126. The molecule has 188 valence electrons. The molecule has 0 radical (unpaired) electrons. The number of ether oxygens (including phenoxy) is 1. The number of carbonyl (C=O) groups excluding carboxylic acids is 3. The van der Waals surface area contributed by atoms with Crippen LogP contribution in [0.1, 0.15) is 43.1 Å². The smallest absolute Gasteiger partial charge is 0.257 e. The van der Waals surface area contributed by atoms with Crippen LogP contribution in [-0.4, -0.2) is 65.8 Å². The molecule has 35 heavy (non-hydrogen) atoms. The summed E-state index contributed by atoms with van der Waals surface area (Å²) < 4.78 is 6.44. The van der Waals surface area contributed by atoms with Gasteiger partial charge in [0.1, 0.15) is 5.75 Å². The van der Waals surface area contributed by atoms with Crippen LogP contribution < -0.4 is 10.1 Å². The fraction of sp³-hybridized carbons (Fsp3) is 0.440. The zero-order valence-corrected chi connectivity index (χ0v) is 22.5. The number of amides is 3. The molecular weight excluding hydrogens is 484 g/mol. The summed E-state index contributed by atoms with van der Waals surface area (Å²) in [6, 6.07) is 3.72. The average molecular weight is 517 g/mol. The minimum absolute atomic E-state index is 0.0947. The molecule has 1 saturated heterocycles. The lowest BCUT2D eigenvalue weighted by atomic mass is 9.96. The van der Waals surface area contributed by atoms with Crippen molar-refractivity contribution in [3.05, 3.63) is 42.1 Å². The van der Waals surface area contributed by atoms with Crippen LogP contribution in [0.5, 0.6) is 5.75 Å². The van der Waals surface area contributed by atoms with Gasteiger partial charge in [-0.3, -0.25) is 14.4 Å². The summed E-state index contributed by atoms with van der Waals surface area (Å²) in [5.41, 5.74) is 0.940. The Bertz CT molecular complexity index is 1120. The van der Waals surface area contributed by atoms with E-state index in [4.69, 9.17) is 4.74 Å². The van der Waals surface area contributed by atoms with Gasteiger partial charge in [0.05, 0.1) is 23.1 Å². The fourth-order valence-corrected chi connectivity index (χ4v) is 5.44. The Labute approximate surface area is 214 Å². The number of hydrogen-bond acceptors (Lipinski definition) is 7. The van der Waals surface area contributed by atoms with Gasteiger partial charge >= 0.3 is 0 Å². The average Bonchev–Trinajstić information content (AvgIpc) is 3.10. The summed E-state index contributed by atoms with van der Waals surface area (Å²) in [6.45, 7) is 13.1. The van der Waals surface area contributed by atoms with Crippen molar-refractivity contribution in [1.82, 2.24) is 14.8 Å². The first-order valence-corrected chi connectivity index (χ1v) is 13.0. The molecule has 0 bridgehead atoms. The topological polar surface area (TPSA) is 91.8 Å². The third kappa shape index (κ3) is 6.64. The Morgan fingerprint density at radius 3 is 2.51 bits per heavy atom. The molecule has 10 heteroatoms. The summed E-state index contributed by atoms with van der Waals surface area (Å²) in [5.74, 6) is 0.179. The summed E-state index contributed by atoms with van der Waals surface area (Å²) in [6.07, 6.45) is 3.73. The van der Waals surface area contributed by atoms with E-state index in [1.807, 2.05) is 39.8 Å². The van der Waals surface area contributed by atoms with Crippen molar-refractivity contribution in [3.8, 4) is 5.75 Å². The molecule has 1 N–H and O–H groups in total. The van der Waals surface area contributed by atoms with Crippen molar-refractivity contribution in [1.29, 1.82) is 0 Å². The van der Waals surface area contributed by atoms with Gasteiger partial charge in [-0.2, -0.15) is 0 Å². The van der Waals surface area contributed by atoms with Gasteiger partial charge in [-0.25, -0.2) is 4.98 Å². The molecule has 3 amide bonds. The molecule has 8 nitrogen and oxygen atoms in total. The maximum absolute atomic E-state index is 13.5. The highest BCUT2D eigenvalue weighted by molar-refractivity contribution is 8.01. The Kier molecular flexibility index (Phi) is 8.60. The van der Waals surface area contributed by atoms with E-state index in [-0.39, 0.29) is 17.7 Å². The largest absolute Gasteiger partial charge is 0.496 e. The second-order valence-corrected chi connectivity index (χ2v) is 11.7. The van der Waals surface area contributed by atoms with E-state index in [1.54, 1.807) is 23.1 Å². The van der Waals surface area contributed by atoms with E-state index in [1.165, 1.54) is 29.2 Å². The highest BCUT2D eigenvalue weighted by Gasteiger charge is 2.26. The van der Waals surface area contributed by atoms with E-state index in [0.717, 1.165) is 14.7 Å². The summed E-state index contributed by atoms with van der Waals surface area (Å²) in [4.78, 5) is 46.4. The van der Waals surface area contributed by atoms with Gasteiger partial charge in [-0.05, 0) is 37.1 Å². The molecule has 1 aromatic heterocycles. The van der Waals surface area contributed by atoms with Gasteiger partial charge in [-0.15, -0.1) is 0 Å². The maximum atomic E-state index is 13.5. The first kappa shape index (κ1) is 26.7. The lowest BCUT2D eigenvalue weighted by Gasteiger charge is -2.23. The van der Waals surface area contributed by atoms with Crippen molar-refractivity contribution in [3.63, 3.8) is 0 Å². The number of aromatic nitrogens is 1. The summed E-state index contributed by atoms with van der Waals surface area (Å²) in [7, 11) is 1.55. The monoisotopic (exact) mass is 516 g/mol. The molecule has 0 spiro atoms. The number of benzene rings is 1. The SMILES string of the molecule is C=CC(=O)N1CCCN(C(=O)c2cc(Sc3cnc(NC(=O)C(C)(C)C)s3)c(C)cc2OC)CC1. The molecule has 0 unspecified atom stereocenters. The Morgan fingerprint density at radius 1 is 1.17 bits per heavy atom. The summed E-state index contributed by atoms with van der Waals surface area (Å²) in [5, 5.41) is 3.40. The van der Waals surface area contributed by atoms with Gasteiger partial charge < -0.3 is 19.9 Å². The molecule has 0 aliphatic carbocycles. The van der Waals surface area contributed by atoms with E-state index >= 15 is 0 Å². The third-order valence-corrected chi connectivity index (χ3v) is 7.77. The zero-order chi connectivity index (χ0) is 25.8. The molecule has 1 aliphatic rings. The predicted molar refractivity (Wildman–Crippen MR) is 139 cm³/mol. The van der Waals surface area contributed by atoms with Gasteiger partial charge in [0.15, 0.2) is 5.13 Å². The molecule has 1 fully saturated rings. The lowest BCUT2D eigenvalue weighted by Crippen LogP contribution is -2.36. The van der Waals surface area contributed by atoms with Crippen molar-refractivity contribution < 1.29 is 19.1 Å². The quantitative estimate of drug-likeness (QED) is 0.570. The zero-order valence-electron chi connectivity index (χ0n) is 20.8. The van der Waals surface area contributed by atoms with Crippen LogP contribution in [0.2, 0.25) is 0 Å². The fourth-order valence-electron chi connectivity index (χ4n) is 3.51. The van der Waals surface area contributed by atoms with Crippen LogP contribution >= 0.6 is 23.1 Å². The Morgan fingerprint density at radius 2 is 1.86 bits per heavy atom. The van der Waals surface area contributed by atoms with E-state index in [9.17, 15) is 14.4 Å². The first-order valence-electron chi connectivity index (χ1n) is 11.4. The number of aryl methyl sites for hydroxylation is 1. The molecule has 2 aromatic rings. The number of nitrogens with zero attached hydrogens (tertiary/aromatic N) is 3.